The molecule has 0 bridgehead atoms. The molecule has 0 saturated carbocycles. The summed E-state index contributed by atoms with van der Waals surface area (Å²) in [5.74, 6) is 0. The van der Waals surface area contributed by atoms with E-state index in [9.17, 15) is 4.21 Å². The third kappa shape index (κ3) is 3.61. The summed E-state index contributed by atoms with van der Waals surface area (Å²) in [7, 11) is 0. The van der Waals surface area contributed by atoms with Crippen LogP contribution in [-0.4, -0.2) is 24.9 Å². The summed E-state index contributed by atoms with van der Waals surface area (Å²) in [5, 5.41) is 0. The number of rotatable bonds is 5. The molecule has 0 aromatic carbocycles. The standard InChI is InChI=1S/C6H11N3O2S/c10-12(11)8-2-1-4-9-5-3-7-6-9/h3,5-6,8H,1-2,4H2,(H,10,11). The van der Waals surface area contributed by atoms with Crippen LogP contribution in [0.1, 0.15) is 6.42 Å². The molecule has 0 fully saturated rings. The van der Waals surface area contributed by atoms with Gasteiger partial charge < -0.3 is 4.57 Å². The molecule has 0 amide bonds. The highest BCUT2D eigenvalue weighted by molar-refractivity contribution is 7.77. The summed E-state index contributed by atoms with van der Waals surface area (Å²) < 4.78 is 22.8. The average Bonchev–Trinajstić information content (AvgIpc) is 2.49. The van der Waals surface area contributed by atoms with E-state index in [1.165, 1.54) is 0 Å². The van der Waals surface area contributed by atoms with Crippen LogP contribution in [0.15, 0.2) is 18.7 Å². The van der Waals surface area contributed by atoms with Gasteiger partial charge in [0.1, 0.15) is 0 Å². The van der Waals surface area contributed by atoms with Crippen LogP contribution in [-0.2, 0) is 17.8 Å². The first-order valence-corrected chi connectivity index (χ1v) is 4.70. The molecular weight excluding hydrogens is 178 g/mol. The summed E-state index contributed by atoms with van der Waals surface area (Å²) in [6.45, 7) is 1.34. The molecule has 1 atom stereocenters. The lowest BCUT2D eigenvalue weighted by Gasteiger charge is -2.00. The topological polar surface area (TPSA) is 67.2 Å². The van der Waals surface area contributed by atoms with Gasteiger partial charge in [-0.3, -0.25) is 4.55 Å². The lowest BCUT2D eigenvalue weighted by atomic mass is 10.4. The van der Waals surface area contributed by atoms with Gasteiger partial charge in [-0.25, -0.2) is 13.9 Å². The van der Waals surface area contributed by atoms with Gasteiger partial charge in [0.2, 0.25) is 11.3 Å². The van der Waals surface area contributed by atoms with E-state index in [-0.39, 0.29) is 0 Å². The molecule has 0 aliphatic rings. The van der Waals surface area contributed by atoms with Crippen molar-refractivity contribution in [3.05, 3.63) is 18.7 Å². The molecule has 0 aliphatic carbocycles. The van der Waals surface area contributed by atoms with Crippen LogP contribution >= 0.6 is 0 Å². The Kier molecular flexibility index (Phi) is 3.92. The van der Waals surface area contributed by atoms with Crippen LogP contribution in [0.5, 0.6) is 0 Å². The third-order valence-electron chi connectivity index (χ3n) is 1.38. The number of nitrogens with one attached hydrogen (secondary N) is 1. The number of nitrogens with zero attached hydrogens (tertiary/aromatic N) is 2. The molecule has 1 rings (SSSR count). The molecule has 1 unspecified atom stereocenters. The van der Waals surface area contributed by atoms with E-state index in [1.807, 2.05) is 10.8 Å². The van der Waals surface area contributed by atoms with E-state index in [0.717, 1.165) is 13.0 Å². The second kappa shape index (κ2) is 5.02. The first-order chi connectivity index (χ1) is 5.79. The normalized spacial score (nSPS) is 13.1. The van der Waals surface area contributed by atoms with E-state index < -0.39 is 11.3 Å². The summed E-state index contributed by atoms with van der Waals surface area (Å²) in [6, 6.07) is 0. The van der Waals surface area contributed by atoms with Gasteiger partial charge in [0.05, 0.1) is 6.33 Å². The van der Waals surface area contributed by atoms with Crippen molar-refractivity contribution in [2.75, 3.05) is 6.54 Å². The summed E-state index contributed by atoms with van der Waals surface area (Å²) in [5.41, 5.74) is 0. The molecule has 1 aromatic rings. The summed E-state index contributed by atoms with van der Waals surface area (Å²) in [6.07, 6.45) is 6.09. The fraction of sp³-hybridized carbons (Fsp3) is 0.500. The Labute approximate surface area is 73.2 Å². The van der Waals surface area contributed by atoms with Gasteiger partial charge in [0.15, 0.2) is 0 Å². The van der Waals surface area contributed by atoms with E-state index in [4.69, 9.17) is 4.55 Å². The van der Waals surface area contributed by atoms with E-state index in [1.54, 1.807) is 12.5 Å². The molecular formula is C6H11N3O2S. The Morgan fingerprint density at radius 2 is 2.50 bits per heavy atom. The summed E-state index contributed by atoms with van der Waals surface area (Å²) >= 11 is -1.89. The van der Waals surface area contributed by atoms with Crippen LogP contribution in [0.4, 0.5) is 0 Å². The maximum atomic E-state index is 10.1. The highest BCUT2D eigenvalue weighted by atomic mass is 32.2. The Bertz CT molecular complexity index is 237. The molecule has 0 saturated heterocycles. The molecule has 0 spiro atoms. The van der Waals surface area contributed by atoms with E-state index in [2.05, 4.69) is 9.71 Å². The fourth-order valence-corrected chi connectivity index (χ4v) is 1.16. The summed E-state index contributed by atoms with van der Waals surface area (Å²) in [4.78, 5) is 3.87. The van der Waals surface area contributed by atoms with Gasteiger partial charge in [-0.15, -0.1) is 0 Å². The number of imidazole rings is 1. The largest absolute Gasteiger partial charge is 0.337 e. The first kappa shape index (κ1) is 9.37. The van der Waals surface area contributed by atoms with Gasteiger partial charge in [0.25, 0.3) is 0 Å². The number of hydrogen-bond donors (Lipinski definition) is 2. The molecule has 6 heteroatoms. The Morgan fingerprint density at radius 3 is 3.08 bits per heavy atom. The van der Waals surface area contributed by atoms with Crippen molar-refractivity contribution in [1.82, 2.24) is 14.3 Å². The van der Waals surface area contributed by atoms with E-state index in [0.29, 0.717) is 6.54 Å². The van der Waals surface area contributed by atoms with Gasteiger partial charge >= 0.3 is 0 Å². The predicted octanol–water partition coefficient (Wildman–Crippen LogP) is -0.000500. The highest BCUT2D eigenvalue weighted by Gasteiger charge is 1.92. The minimum Gasteiger partial charge on any atom is -0.337 e. The smallest absolute Gasteiger partial charge is 0.231 e. The monoisotopic (exact) mass is 189 g/mol. The number of hydrogen-bond acceptors (Lipinski definition) is 2. The van der Waals surface area contributed by atoms with Crippen molar-refractivity contribution in [2.24, 2.45) is 0 Å². The van der Waals surface area contributed by atoms with Gasteiger partial charge in [-0.05, 0) is 6.42 Å². The molecule has 0 radical (unpaired) electrons. The molecule has 1 heterocycles. The zero-order valence-electron chi connectivity index (χ0n) is 6.51. The minimum absolute atomic E-state index is 0.529. The second-order valence-corrected chi connectivity index (χ2v) is 3.08. The van der Waals surface area contributed by atoms with Crippen molar-refractivity contribution < 1.29 is 8.76 Å². The van der Waals surface area contributed by atoms with Crippen LogP contribution in [0, 0.1) is 0 Å². The van der Waals surface area contributed by atoms with Crippen molar-refractivity contribution in [3.63, 3.8) is 0 Å². The molecule has 12 heavy (non-hydrogen) atoms. The van der Waals surface area contributed by atoms with Gasteiger partial charge in [0, 0.05) is 25.5 Å². The van der Waals surface area contributed by atoms with Gasteiger partial charge in [-0.1, -0.05) is 0 Å². The van der Waals surface area contributed by atoms with Crippen molar-refractivity contribution >= 4 is 11.3 Å². The quantitative estimate of drug-likeness (QED) is 0.506. The maximum Gasteiger partial charge on any atom is 0.231 e. The number of aryl methyl sites for hydroxylation is 1. The molecule has 5 nitrogen and oxygen atoms in total. The second-order valence-electron chi connectivity index (χ2n) is 2.30. The SMILES string of the molecule is O=S(O)NCCCn1ccnc1. The predicted molar refractivity (Wildman–Crippen MR) is 45.6 cm³/mol. The molecule has 1 aromatic heterocycles. The first-order valence-electron chi connectivity index (χ1n) is 3.59. The molecule has 2 N–H and O–H groups in total. The Morgan fingerprint density at radius 1 is 1.67 bits per heavy atom. The van der Waals surface area contributed by atoms with Crippen LogP contribution < -0.4 is 4.72 Å². The maximum absolute atomic E-state index is 10.1. The van der Waals surface area contributed by atoms with Crippen LogP contribution in [0.2, 0.25) is 0 Å². The van der Waals surface area contributed by atoms with Crippen molar-refractivity contribution in [3.8, 4) is 0 Å². The van der Waals surface area contributed by atoms with Crippen LogP contribution in [0.3, 0.4) is 0 Å². The highest BCUT2D eigenvalue weighted by Crippen LogP contribution is 1.88. The van der Waals surface area contributed by atoms with Gasteiger partial charge in [-0.2, -0.15) is 0 Å². The van der Waals surface area contributed by atoms with Crippen LogP contribution in [0.25, 0.3) is 0 Å². The van der Waals surface area contributed by atoms with Crippen molar-refractivity contribution in [2.45, 2.75) is 13.0 Å². The lowest BCUT2D eigenvalue weighted by molar-refractivity contribution is 0.541. The minimum atomic E-state index is -1.89. The fourth-order valence-electron chi connectivity index (χ4n) is 0.840. The Balaban J connectivity index is 2.07. The zero-order chi connectivity index (χ0) is 8.81. The number of aromatic nitrogens is 2. The Hall–Kier alpha value is -0.720. The lowest BCUT2D eigenvalue weighted by Crippen LogP contribution is -2.18. The molecule has 0 aliphatic heterocycles. The van der Waals surface area contributed by atoms with Crippen molar-refractivity contribution in [1.29, 1.82) is 0 Å². The van der Waals surface area contributed by atoms with E-state index >= 15 is 0 Å². The average molecular weight is 189 g/mol. The third-order valence-corrected chi connectivity index (χ3v) is 1.83. The molecule has 68 valence electrons. The zero-order valence-corrected chi connectivity index (χ0v) is 7.33.